The predicted molar refractivity (Wildman–Crippen MR) is 68.4 cm³/mol. The Morgan fingerprint density at radius 2 is 2.12 bits per heavy atom. The first-order chi connectivity index (χ1) is 7.83. The number of hydrogen-bond acceptors (Lipinski definition) is 2. The van der Waals surface area contributed by atoms with Crippen molar-refractivity contribution >= 4 is 5.91 Å². The lowest BCUT2D eigenvalue weighted by Crippen LogP contribution is -2.30. The minimum Gasteiger partial charge on any atom is -0.340 e. The highest BCUT2D eigenvalue weighted by atomic mass is 16.2. The van der Waals surface area contributed by atoms with Gasteiger partial charge in [-0.3, -0.25) is 9.48 Å². The summed E-state index contributed by atoms with van der Waals surface area (Å²) in [6.45, 7) is 9.75. The molecule has 0 unspecified atom stereocenters. The molecule has 96 valence electrons. The fourth-order valence-electron chi connectivity index (χ4n) is 1.70. The normalized spacial score (nSPS) is 11.6. The lowest BCUT2D eigenvalue weighted by Gasteiger charge is -2.23. The van der Waals surface area contributed by atoms with Crippen molar-refractivity contribution in [1.29, 1.82) is 0 Å². The molecule has 0 aliphatic heterocycles. The maximum atomic E-state index is 12.0. The second kappa shape index (κ2) is 5.34. The highest BCUT2D eigenvalue weighted by molar-refractivity contribution is 5.76. The van der Waals surface area contributed by atoms with E-state index < -0.39 is 0 Å². The van der Waals surface area contributed by atoms with Gasteiger partial charge < -0.3 is 4.90 Å². The fraction of sp³-hybridized carbons (Fsp3) is 0.692. The SMILES string of the molecule is CCn1nccc1CN(C)C(=O)CC(C)(C)C. The number of rotatable bonds is 4. The van der Waals surface area contributed by atoms with E-state index in [-0.39, 0.29) is 11.3 Å². The topological polar surface area (TPSA) is 38.1 Å². The van der Waals surface area contributed by atoms with Crippen LogP contribution in [-0.2, 0) is 17.9 Å². The first-order valence-corrected chi connectivity index (χ1v) is 6.08. The van der Waals surface area contributed by atoms with Crippen LogP contribution in [0, 0.1) is 5.41 Å². The average Bonchev–Trinajstić information content (AvgIpc) is 2.62. The van der Waals surface area contributed by atoms with Gasteiger partial charge in [-0.2, -0.15) is 5.10 Å². The van der Waals surface area contributed by atoms with E-state index in [9.17, 15) is 4.79 Å². The molecule has 1 rings (SSSR count). The molecule has 0 fully saturated rings. The van der Waals surface area contributed by atoms with E-state index >= 15 is 0 Å². The zero-order valence-electron chi connectivity index (χ0n) is 11.5. The molecule has 0 aliphatic rings. The molecule has 1 amide bonds. The zero-order valence-corrected chi connectivity index (χ0v) is 11.5. The van der Waals surface area contributed by atoms with Gasteiger partial charge in [0, 0.05) is 26.2 Å². The summed E-state index contributed by atoms with van der Waals surface area (Å²) in [5.74, 6) is 0.182. The van der Waals surface area contributed by atoms with Crippen molar-refractivity contribution in [2.24, 2.45) is 5.41 Å². The summed E-state index contributed by atoms with van der Waals surface area (Å²) in [5, 5.41) is 4.20. The van der Waals surface area contributed by atoms with Crippen molar-refractivity contribution in [2.75, 3.05) is 7.05 Å². The third kappa shape index (κ3) is 4.21. The molecule has 1 heterocycles. The third-order valence-electron chi connectivity index (χ3n) is 2.61. The van der Waals surface area contributed by atoms with Crippen molar-refractivity contribution in [3.05, 3.63) is 18.0 Å². The number of carbonyl (C=O) groups is 1. The Kier molecular flexibility index (Phi) is 4.32. The summed E-state index contributed by atoms with van der Waals surface area (Å²) >= 11 is 0. The van der Waals surface area contributed by atoms with Gasteiger partial charge in [0.1, 0.15) is 0 Å². The van der Waals surface area contributed by atoms with E-state index in [1.165, 1.54) is 0 Å². The van der Waals surface area contributed by atoms with Crippen LogP contribution in [0.3, 0.4) is 0 Å². The second-order valence-corrected chi connectivity index (χ2v) is 5.63. The summed E-state index contributed by atoms with van der Waals surface area (Å²) in [4.78, 5) is 13.8. The largest absolute Gasteiger partial charge is 0.340 e. The molecule has 1 aromatic heterocycles. The molecule has 0 saturated carbocycles. The van der Waals surface area contributed by atoms with Gasteiger partial charge in [-0.25, -0.2) is 0 Å². The molecular formula is C13H23N3O. The predicted octanol–water partition coefficient (Wildman–Crippen LogP) is 2.30. The Hall–Kier alpha value is -1.32. The van der Waals surface area contributed by atoms with Gasteiger partial charge in [-0.15, -0.1) is 0 Å². The number of amides is 1. The maximum absolute atomic E-state index is 12.0. The smallest absolute Gasteiger partial charge is 0.223 e. The van der Waals surface area contributed by atoms with E-state index in [1.54, 1.807) is 11.1 Å². The molecule has 0 atom stereocenters. The van der Waals surface area contributed by atoms with E-state index in [1.807, 2.05) is 24.7 Å². The van der Waals surface area contributed by atoms with Crippen LogP contribution in [0.4, 0.5) is 0 Å². The molecule has 0 saturated heterocycles. The average molecular weight is 237 g/mol. The fourth-order valence-corrected chi connectivity index (χ4v) is 1.70. The van der Waals surface area contributed by atoms with Crippen LogP contribution in [0.1, 0.15) is 39.8 Å². The quantitative estimate of drug-likeness (QED) is 0.806. The Labute approximate surface area is 104 Å². The Balaban J connectivity index is 2.60. The molecule has 1 aromatic rings. The van der Waals surface area contributed by atoms with Gasteiger partial charge in [0.05, 0.1) is 12.2 Å². The number of nitrogens with zero attached hydrogens (tertiary/aromatic N) is 3. The summed E-state index contributed by atoms with van der Waals surface area (Å²) in [6.07, 6.45) is 2.35. The van der Waals surface area contributed by atoms with Crippen LogP contribution in [0.2, 0.25) is 0 Å². The second-order valence-electron chi connectivity index (χ2n) is 5.63. The van der Waals surface area contributed by atoms with Crippen molar-refractivity contribution in [3.8, 4) is 0 Å². The van der Waals surface area contributed by atoms with Crippen LogP contribution < -0.4 is 0 Å². The summed E-state index contributed by atoms with van der Waals surface area (Å²) in [5.41, 5.74) is 1.12. The van der Waals surface area contributed by atoms with E-state index in [4.69, 9.17) is 0 Å². The van der Waals surface area contributed by atoms with Crippen LogP contribution in [-0.4, -0.2) is 27.6 Å². The highest BCUT2D eigenvalue weighted by Gasteiger charge is 2.19. The van der Waals surface area contributed by atoms with Crippen molar-refractivity contribution in [1.82, 2.24) is 14.7 Å². The molecular weight excluding hydrogens is 214 g/mol. The van der Waals surface area contributed by atoms with Crippen molar-refractivity contribution in [3.63, 3.8) is 0 Å². The summed E-state index contributed by atoms with van der Waals surface area (Å²) in [7, 11) is 1.85. The van der Waals surface area contributed by atoms with Crippen LogP contribution in [0.15, 0.2) is 12.3 Å². The van der Waals surface area contributed by atoms with E-state index in [2.05, 4.69) is 25.9 Å². The molecule has 0 aliphatic carbocycles. The minimum absolute atomic E-state index is 0.0380. The molecule has 0 N–H and O–H groups in total. The van der Waals surface area contributed by atoms with Gasteiger partial charge in [0.15, 0.2) is 0 Å². The number of carbonyl (C=O) groups excluding carboxylic acids is 1. The third-order valence-corrected chi connectivity index (χ3v) is 2.61. The zero-order chi connectivity index (χ0) is 13.1. The molecule has 17 heavy (non-hydrogen) atoms. The van der Waals surface area contributed by atoms with Crippen LogP contribution >= 0.6 is 0 Å². The lowest BCUT2D eigenvalue weighted by molar-refractivity contribution is -0.132. The van der Waals surface area contributed by atoms with Gasteiger partial charge in [0.25, 0.3) is 0 Å². The molecule has 0 spiro atoms. The number of aryl methyl sites for hydroxylation is 1. The van der Waals surface area contributed by atoms with Gasteiger partial charge in [-0.05, 0) is 18.4 Å². The van der Waals surface area contributed by atoms with Gasteiger partial charge in [-0.1, -0.05) is 20.8 Å². The van der Waals surface area contributed by atoms with Crippen LogP contribution in [0.25, 0.3) is 0 Å². The summed E-state index contributed by atoms with van der Waals surface area (Å²) < 4.78 is 1.92. The lowest BCUT2D eigenvalue weighted by atomic mass is 9.92. The van der Waals surface area contributed by atoms with Gasteiger partial charge in [0.2, 0.25) is 5.91 Å². The Morgan fingerprint density at radius 3 is 2.65 bits per heavy atom. The number of aromatic nitrogens is 2. The van der Waals surface area contributed by atoms with Crippen molar-refractivity contribution in [2.45, 2.75) is 47.2 Å². The summed E-state index contributed by atoms with van der Waals surface area (Å²) in [6, 6.07) is 1.96. The monoisotopic (exact) mass is 237 g/mol. The molecule has 4 heteroatoms. The standard InChI is InChI=1S/C13H23N3O/c1-6-16-11(7-8-14-16)10-15(5)12(17)9-13(2,3)4/h7-8H,6,9-10H2,1-5H3. The molecule has 4 nitrogen and oxygen atoms in total. The minimum atomic E-state index is 0.0380. The van der Waals surface area contributed by atoms with E-state index in [0.29, 0.717) is 13.0 Å². The first-order valence-electron chi connectivity index (χ1n) is 6.08. The van der Waals surface area contributed by atoms with Crippen LogP contribution in [0.5, 0.6) is 0 Å². The molecule has 0 radical (unpaired) electrons. The Morgan fingerprint density at radius 1 is 1.47 bits per heavy atom. The highest BCUT2D eigenvalue weighted by Crippen LogP contribution is 2.20. The first kappa shape index (κ1) is 13.7. The Bertz CT molecular complexity index is 376. The van der Waals surface area contributed by atoms with Gasteiger partial charge >= 0.3 is 0 Å². The maximum Gasteiger partial charge on any atom is 0.223 e. The molecule has 0 bridgehead atoms. The molecule has 0 aromatic carbocycles. The van der Waals surface area contributed by atoms with E-state index in [0.717, 1.165) is 12.2 Å². The van der Waals surface area contributed by atoms with Crippen molar-refractivity contribution < 1.29 is 4.79 Å². The number of hydrogen-bond donors (Lipinski definition) is 0.